The number of methoxy groups -OCH3 is 1. The van der Waals surface area contributed by atoms with Gasteiger partial charge in [0.05, 0.1) is 12.9 Å². The molecule has 102 valence electrons. The molecule has 0 heterocycles. The third-order valence-corrected chi connectivity index (χ3v) is 3.04. The lowest BCUT2D eigenvalue weighted by molar-refractivity contribution is -0.138. The Morgan fingerprint density at radius 3 is 2.33 bits per heavy atom. The SMILES string of the molecule is COc1c(C(F)(F)F)ccc(CS(=O)(=O)Cl)c1O. The number of rotatable bonds is 3. The molecule has 0 atom stereocenters. The average molecular weight is 305 g/mol. The molecular weight excluding hydrogens is 297 g/mol. The molecule has 0 saturated heterocycles. The molecular formula is C9H8ClF3O4S. The quantitative estimate of drug-likeness (QED) is 0.871. The Labute approximate surface area is 105 Å². The van der Waals surface area contributed by atoms with Gasteiger partial charge in [-0.05, 0) is 6.07 Å². The summed E-state index contributed by atoms with van der Waals surface area (Å²) < 4.78 is 63.7. The Morgan fingerprint density at radius 2 is 1.94 bits per heavy atom. The second-order valence-electron chi connectivity index (χ2n) is 3.34. The first-order chi connectivity index (χ1) is 8.06. The Hall–Kier alpha value is -1.15. The number of aromatic hydroxyl groups is 1. The number of phenols is 1. The minimum atomic E-state index is -4.72. The third kappa shape index (κ3) is 3.42. The summed E-state index contributed by atoms with van der Waals surface area (Å²) >= 11 is 0. The van der Waals surface area contributed by atoms with Gasteiger partial charge < -0.3 is 9.84 Å². The highest BCUT2D eigenvalue weighted by Crippen LogP contribution is 2.43. The topological polar surface area (TPSA) is 63.6 Å². The van der Waals surface area contributed by atoms with Crippen LogP contribution >= 0.6 is 10.7 Å². The van der Waals surface area contributed by atoms with Crippen molar-refractivity contribution < 1.29 is 31.4 Å². The molecule has 1 rings (SSSR count). The van der Waals surface area contributed by atoms with Crippen molar-refractivity contribution in [1.82, 2.24) is 0 Å². The van der Waals surface area contributed by atoms with Gasteiger partial charge >= 0.3 is 6.18 Å². The highest BCUT2D eigenvalue weighted by Gasteiger charge is 2.36. The molecule has 0 bridgehead atoms. The van der Waals surface area contributed by atoms with Crippen LogP contribution in [0.4, 0.5) is 13.2 Å². The van der Waals surface area contributed by atoms with E-state index in [2.05, 4.69) is 4.74 Å². The summed E-state index contributed by atoms with van der Waals surface area (Å²) in [6.07, 6.45) is -4.72. The van der Waals surface area contributed by atoms with Crippen molar-refractivity contribution in [3.8, 4) is 11.5 Å². The zero-order chi connectivity index (χ0) is 14.1. The number of ether oxygens (including phenoxy) is 1. The lowest BCUT2D eigenvalue weighted by Gasteiger charge is -2.15. The molecule has 0 aliphatic carbocycles. The van der Waals surface area contributed by atoms with Gasteiger partial charge in [0.15, 0.2) is 11.5 Å². The minimum absolute atomic E-state index is 0.269. The first-order valence-electron chi connectivity index (χ1n) is 4.44. The Morgan fingerprint density at radius 1 is 1.39 bits per heavy atom. The van der Waals surface area contributed by atoms with Crippen molar-refractivity contribution in [3.05, 3.63) is 23.3 Å². The normalized spacial score (nSPS) is 12.5. The Balaban J connectivity index is 3.38. The monoisotopic (exact) mass is 304 g/mol. The summed E-state index contributed by atoms with van der Waals surface area (Å²) in [6.45, 7) is 0. The standard InChI is InChI=1S/C9H8ClF3O4S/c1-17-8-6(9(11,12)13)3-2-5(7(8)14)4-18(10,15)16/h2-3,14H,4H2,1H3. The van der Waals surface area contributed by atoms with E-state index >= 15 is 0 Å². The van der Waals surface area contributed by atoms with Crippen molar-refractivity contribution in [2.24, 2.45) is 0 Å². The first kappa shape index (κ1) is 14.9. The van der Waals surface area contributed by atoms with Crippen LogP contribution in [0.1, 0.15) is 11.1 Å². The van der Waals surface area contributed by atoms with Crippen LogP contribution in [-0.2, 0) is 21.0 Å². The summed E-state index contributed by atoms with van der Waals surface area (Å²) in [4.78, 5) is 0. The van der Waals surface area contributed by atoms with Crippen molar-refractivity contribution in [2.45, 2.75) is 11.9 Å². The lowest BCUT2D eigenvalue weighted by atomic mass is 10.1. The molecule has 0 saturated carbocycles. The van der Waals surface area contributed by atoms with Gasteiger partial charge in [-0.2, -0.15) is 13.2 Å². The molecule has 0 aliphatic heterocycles. The fraction of sp³-hybridized carbons (Fsp3) is 0.333. The van der Waals surface area contributed by atoms with Crippen LogP contribution in [0, 0.1) is 0 Å². The first-order valence-corrected chi connectivity index (χ1v) is 6.92. The number of hydrogen-bond donors (Lipinski definition) is 1. The van der Waals surface area contributed by atoms with Crippen LogP contribution < -0.4 is 4.74 Å². The number of halogens is 4. The smallest absolute Gasteiger partial charge is 0.420 e. The number of alkyl halides is 3. The molecule has 1 aromatic carbocycles. The van der Waals surface area contributed by atoms with Crippen molar-refractivity contribution in [3.63, 3.8) is 0 Å². The highest BCUT2D eigenvalue weighted by atomic mass is 35.7. The van der Waals surface area contributed by atoms with Gasteiger partial charge in [0.25, 0.3) is 0 Å². The largest absolute Gasteiger partial charge is 0.504 e. The van der Waals surface area contributed by atoms with Crippen molar-refractivity contribution in [1.29, 1.82) is 0 Å². The van der Waals surface area contributed by atoms with Crippen LogP contribution in [0.15, 0.2) is 12.1 Å². The van der Waals surface area contributed by atoms with Crippen LogP contribution in [0.25, 0.3) is 0 Å². The van der Waals surface area contributed by atoms with Gasteiger partial charge in [0.1, 0.15) is 5.56 Å². The maximum atomic E-state index is 12.5. The van der Waals surface area contributed by atoms with E-state index in [-0.39, 0.29) is 5.56 Å². The maximum absolute atomic E-state index is 12.5. The molecule has 0 aromatic heterocycles. The summed E-state index contributed by atoms with van der Waals surface area (Å²) in [6, 6.07) is 1.45. The fourth-order valence-electron chi connectivity index (χ4n) is 1.34. The minimum Gasteiger partial charge on any atom is -0.504 e. The lowest BCUT2D eigenvalue weighted by Crippen LogP contribution is -2.08. The maximum Gasteiger partial charge on any atom is 0.420 e. The molecule has 0 amide bonds. The van der Waals surface area contributed by atoms with Gasteiger partial charge in [-0.25, -0.2) is 8.42 Å². The van der Waals surface area contributed by atoms with Crippen LogP contribution in [-0.4, -0.2) is 20.6 Å². The Kier molecular flexibility index (Phi) is 4.02. The van der Waals surface area contributed by atoms with Gasteiger partial charge in [-0.1, -0.05) is 6.07 Å². The van der Waals surface area contributed by atoms with Gasteiger partial charge in [0.2, 0.25) is 9.05 Å². The van der Waals surface area contributed by atoms with E-state index < -0.39 is 38.0 Å². The number of benzene rings is 1. The van der Waals surface area contributed by atoms with E-state index in [9.17, 15) is 26.7 Å². The van der Waals surface area contributed by atoms with Gasteiger partial charge in [-0.3, -0.25) is 0 Å². The number of hydrogen-bond acceptors (Lipinski definition) is 4. The zero-order valence-corrected chi connectivity index (χ0v) is 10.5. The van der Waals surface area contributed by atoms with Crippen molar-refractivity contribution in [2.75, 3.05) is 7.11 Å². The van der Waals surface area contributed by atoms with E-state index in [4.69, 9.17) is 10.7 Å². The van der Waals surface area contributed by atoms with Crippen LogP contribution in [0.5, 0.6) is 11.5 Å². The van der Waals surface area contributed by atoms with Gasteiger partial charge in [0, 0.05) is 16.2 Å². The predicted octanol–water partition coefficient (Wildman–Crippen LogP) is 2.49. The van der Waals surface area contributed by atoms with E-state index in [1.165, 1.54) is 0 Å². The van der Waals surface area contributed by atoms with Crippen molar-refractivity contribution >= 4 is 19.7 Å². The molecule has 0 unspecified atom stereocenters. The second-order valence-corrected chi connectivity index (χ2v) is 6.11. The summed E-state index contributed by atoms with van der Waals surface area (Å²) in [5.41, 5.74) is -1.46. The predicted molar refractivity (Wildman–Crippen MR) is 58.1 cm³/mol. The summed E-state index contributed by atoms with van der Waals surface area (Å²) in [7, 11) is 1.90. The van der Waals surface area contributed by atoms with E-state index in [0.29, 0.717) is 6.07 Å². The van der Waals surface area contributed by atoms with E-state index in [1.54, 1.807) is 0 Å². The molecule has 0 radical (unpaired) electrons. The molecule has 0 spiro atoms. The molecule has 1 aromatic rings. The second kappa shape index (κ2) is 4.85. The van der Waals surface area contributed by atoms with Crippen LogP contribution in [0.2, 0.25) is 0 Å². The summed E-state index contributed by atoms with van der Waals surface area (Å²) in [5, 5.41) is 9.55. The van der Waals surface area contributed by atoms with Gasteiger partial charge in [-0.15, -0.1) is 0 Å². The summed E-state index contributed by atoms with van der Waals surface area (Å²) in [5.74, 6) is -2.52. The molecule has 0 fully saturated rings. The molecule has 18 heavy (non-hydrogen) atoms. The molecule has 9 heteroatoms. The number of phenolic OH excluding ortho intramolecular Hbond substituents is 1. The van der Waals surface area contributed by atoms with Crippen LogP contribution in [0.3, 0.4) is 0 Å². The molecule has 1 N–H and O–H groups in total. The van der Waals surface area contributed by atoms with E-state index in [0.717, 1.165) is 13.2 Å². The Bertz CT molecular complexity index is 554. The average Bonchev–Trinajstić information content (AvgIpc) is 2.17. The fourth-order valence-corrected chi connectivity index (χ4v) is 2.30. The third-order valence-electron chi connectivity index (χ3n) is 2.05. The highest BCUT2D eigenvalue weighted by molar-refractivity contribution is 8.13. The molecule has 0 aliphatic rings. The zero-order valence-electron chi connectivity index (χ0n) is 8.95. The van der Waals surface area contributed by atoms with E-state index in [1.807, 2.05) is 0 Å². The molecule has 4 nitrogen and oxygen atoms in total.